The van der Waals surface area contributed by atoms with E-state index in [0.29, 0.717) is 13.0 Å². The van der Waals surface area contributed by atoms with Crippen molar-refractivity contribution in [2.75, 3.05) is 6.54 Å². The molecule has 0 radical (unpaired) electrons. The van der Waals surface area contributed by atoms with Crippen LogP contribution in [-0.4, -0.2) is 24.3 Å². The molecule has 1 N–H and O–H groups in total. The van der Waals surface area contributed by atoms with Crippen LogP contribution in [0.3, 0.4) is 0 Å². The standard InChI is InChI=1S/C20H25N3O2S/c1-15-6-5-7-19-22-17(14-23(15)19)12-13-21-26(24,25)18-10-8-16(9-11-18)20(2,3)4/h5-11,14,21H,12-13H2,1-4H3. The van der Waals surface area contributed by atoms with Crippen LogP contribution in [0.25, 0.3) is 5.65 Å². The Balaban J connectivity index is 1.67. The third-order valence-electron chi connectivity index (χ3n) is 4.45. The van der Waals surface area contributed by atoms with Gasteiger partial charge in [-0.15, -0.1) is 0 Å². The van der Waals surface area contributed by atoms with Crippen LogP contribution in [0, 0.1) is 6.92 Å². The zero-order valence-corrected chi connectivity index (χ0v) is 16.5. The summed E-state index contributed by atoms with van der Waals surface area (Å²) in [6.45, 7) is 8.64. The molecule has 0 fully saturated rings. The van der Waals surface area contributed by atoms with Crippen LogP contribution in [0.2, 0.25) is 0 Å². The van der Waals surface area contributed by atoms with E-state index in [4.69, 9.17) is 0 Å². The lowest BCUT2D eigenvalue weighted by molar-refractivity contribution is 0.578. The van der Waals surface area contributed by atoms with E-state index < -0.39 is 10.0 Å². The molecule has 0 amide bonds. The highest BCUT2D eigenvalue weighted by Crippen LogP contribution is 2.23. The molecule has 1 aromatic carbocycles. The van der Waals surface area contributed by atoms with Crippen LogP contribution >= 0.6 is 0 Å². The van der Waals surface area contributed by atoms with Crippen molar-refractivity contribution < 1.29 is 8.42 Å². The molecule has 0 unspecified atom stereocenters. The number of rotatable bonds is 5. The Kier molecular flexibility index (Phi) is 4.90. The van der Waals surface area contributed by atoms with Crippen molar-refractivity contribution in [3.63, 3.8) is 0 Å². The van der Waals surface area contributed by atoms with E-state index in [-0.39, 0.29) is 10.3 Å². The van der Waals surface area contributed by atoms with E-state index in [1.165, 1.54) is 0 Å². The summed E-state index contributed by atoms with van der Waals surface area (Å²) in [6, 6.07) is 13.0. The lowest BCUT2D eigenvalue weighted by Crippen LogP contribution is -2.26. The first-order chi connectivity index (χ1) is 12.2. The molecule has 2 heterocycles. The Labute approximate surface area is 155 Å². The largest absolute Gasteiger partial charge is 0.304 e. The van der Waals surface area contributed by atoms with Gasteiger partial charge in [-0.2, -0.15) is 0 Å². The Morgan fingerprint density at radius 2 is 1.77 bits per heavy atom. The highest BCUT2D eigenvalue weighted by molar-refractivity contribution is 7.89. The van der Waals surface area contributed by atoms with Gasteiger partial charge in [0.1, 0.15) is 5.65 Å². The van der Waals surface area contributed by atoms with Crippen LogP contribution in [0.5, 0.6) is 0 Å². The minimum Gasteiger partial charge on any atom is -0.304 e. The van der Waals surface area contributed by atoms with E-state index in [0.717, 1.165) is 22.6 Å². The summed E-state index contributed by atoms with van der Waals surface area (Å²) in [4.78, 5) is 4.82. The molecule has 0 atom stereocenters. The van der Waals surface area contributed by atoms with E-state index in [9.17, 15) is 8.42 Å². The van der Waals surface area contributed by atoms with Crippen molar-refractivity contribution in [1.82, 2.24) is 14.1 Å². The van der Waals surface area contributed by atoms with Crippen molar-refractivity contribution in [3.05, 3.63) is 65.6 Å². The van der Waals surface area contributed by atoms with Crippen LogP contribution in [0.4, 0.5) is 0 Å². The van der Waals surface area contributed by atoms with Crippen molar-refractivity contribution in [2.45, 2.75) is 44.4 Å². The van der Waals surface area contributed by atoms with Crippen molar-refractivity contribution >= 4 is 15.7 Å². The number of aryl methyl sites for hydroxylation is 1. The van der Waals surface area contributed by atoms with Crippen molar-refractivity contribution in [1.29, 1.82) is 0 Å². The molecule has 2 aromatic heterocycles. The number of aromatic nitrogens is 2. The maximum absolute atomic E-state index is 12.5. The summed E-state index contributed by atoms with van der Waals surface area (Å²) < 4.78 is 29.6. The van der Waals surface area contributed by atoms with Gasteiger partial charge in [0.25, 0.3) is 0 Å². The van der Waals surface area contributed by atoms with Gasteiger partial charge in [0.05, 0.1) is 10.6 Å². The topological polar surface area (TPSA) is 63.5 Å². The highest BCUT2D eigenvalue weighted by Gasteiger charge is 2.17. The summed E-state index contributed by atoms with van der Waals surface area (Å²) in [5.41, 5.74) is 3.94. The van der Waals surface area contributed by atoms with E-state index >= 15 is 0 Å². The number of fused-ring (bicyclic) bond motifs is 1. The number of hydrogen-bond acceptors (Lipinski definition) is 3. The summed E-state index contributed by atoms with van der Waals surface area (Å²) >= 11 is 0. The first-order valence-electron chi connectivity index (χ1n) is 8.71. The average Bonchev–Trinajstić information content (AvgIpc) is 2.98. The molecule has 0 saturated heterocycles. The number of sulfonamides is 1. The first-order valence-corrected chi connectivity index (χ1v) is 10.2. The number of hydrogen-bond donors (Lipinski definition) is 1. The number of benzene rings is 1. The summed E-state index contributed by atoms with van der Waals surface area (Å²) in [7, 11) is -3.52. The van der Waals surface area contributed by atoms with E-state index in [1.807, 2.05) is 47.9 Å². The number of pyridine rings is 1. The average molecular weight is 372 g/mol. The van der Waals surface area contributed by atoms with Gasteiger partial charge in [-0.1, -0.05) is 39.0 Å². The van der Waals surface area contributed by atoms with Crippen LogP contribution in [-0.2, 0) is 21.9 Å². The number of nitrogens with one attached hydrogen (secondary N) is 1. The molecule has 138 valence electrons. The molecule has 0 aliphatic carbocycles. The van der Waals surface area contributed by atoms with Gasteiger partial charge in [-0.3, -0.25) is 0 Å². The SMILES string of the molecule is Cc1cccc2nc(CCNS(=O)(=O)c3ccc(C(C)(C)C)cc3)cn12. The maximum Gasteiger partial charge on any atom is 0.240 e. The normalized spacial score (nSPS) is 12.6. The Bertz CT molecular complexity index is 1010. The lowest BCUT2D eigenvalue weighted by atomic mass is 9.87. The molecule has 26 heavy (non-hydrogen) atoms. The van der Waals surface area contributed by atoms with E-state index in [2.05, 4.69) is 30.5 Å². The molecule has 5 nitrogen and oxygen atoms in total. The molecule has 6 heteroatoms. The second-order valence-corrected chi connectivity index (χ2v) is 9.32. The zero-order valence-electron chi connectivity index (χ0n) is 15.7. The molecule has 3 aromatic rings. The monoisotopic (exact) mass is 371 g/mol. The van der Waals surface area contributed by atoms with Gasteiger partial charge in [-0.25, -0.2) is 18.1 Å². The van der Waals surface area contributed by atoms with Crippen LogP contribution in [0.15, 0.2) is 53.6 Å². The fourth-order valence-corrected chi connectivity index (χ4v) is 3.88. The summed E-state index contributed by atoms with van der Waals surface area (Å²) in [5.74, 6) is 0. The Morgan fingerprint density at radius 3 is 2.38 bits per heavy atom. The molecule has 3 rings (SSSR count). The van der Waals surface area contributed by atoms with Gasteiger partial charge in [0.2, 0.25) is 10.0 Å². The highest BCUT2D eigenvalue weighted by atomic mass is 32.2. The van der Waals surface area contributed by atoms with Gasteiger partial charge >= 0.3 is 0 Å². The second-order valence-electron chi connectivity index (χ2n) is 7.55. The molecular formula is C20H25N3O2S. The van der Waals surface area contributed by atoms with Crippen LogP contribution in [0.1, 0.15) is 37.7 Å². The molecular weight excluding hydrogens is 346 g/mol. The van der Waals surface area contributed by atoms with Gasteiger partial charge in [0, 0.05) is 24.9 Å². The molecule has 0 spiro atoms. The summed E-state index contributed by atoms with van der Waals surface area (Å²) in [6.07, 6.45) is 2.50. The number of nitrogens with zero attached hydrogens (tertiary/aromatic N) is 2. The van der Waals surface area contributed by atoms with E-state index in [1.54, 1.807) is 12.1 Å². The Morgan fingerprint density at radius 1 is 1.08 bits per heavy atom. The fourth-order valence-electron chi connectivity index (χ4n) is 2.85. The Hall–Kier alpha value is -2.18. The molecule has 0 aliphatic heterocycles. The van der Waals surface area contributed by atoms with Crippen molar-refractivity contribution in [3.8, 4) is 0 Å². The lowest BCUT2D eigenvalue weighted by Gasteiger charge is -2.19. The second kappa shape index (κ2) is 6.85. The maximum atomic E-state index is 12.5. The first kappa shape index (κ1) is 18.6. The molecule has 0 bridgehead atoms. The zero-order chi connectivity index (χ0) is 18.9. The van der Waals surface area contributed by atoms with Gasteiger partial charge < -0.3 is 4.40 Å². The quantitative estimate of drug-likeness (QED) is 0.747. The molecule has 0 aliphatic rings. The number of imidazole rings is 1. The predicted molar refractivity (Wildman–Crippen MR) is 104 cm³/mol. The molecule has 0 saturated carbocycles. The minimum absolute atomic E-state index is 0.00300. The minimum atomic E-state index is -3.52. The fraction of sp³-hybridized carbons (Fsp3) is 0.350. The third kappa shape index (κ3) is 3.97. The van der Waals surface area contributed by atoms with Gasteiger partial charge in [0.15, 0.2) is 0 Å². The predicted octanol–water partition coefficient (Wildman–Crippen LogP) is 3.46. The van der Waals surface area contributed by atoms with Gasteiger partial charge in [-0.05, 0) is 42.2 Å². The third-order valence-corrected chi connectivity index (χ3v) is 5.93. The summed E-state index contributed by atoms with van der Waals surface area (Å²) in [5, 5.41) is 0. The van der Waals surface area contributed by atoms with Crippen LogP contribution < -0.4 is 4.72 Å². The van der Waals surface area contributed by atoms with Crippen molar-refractivity contribution in [2.24, 2.45) is 0 Å². The smallest absolute Gasteiger partial charge is 0.240 e.